The van der Waals surface area contributed by atoms with Crippen molar-refractivity contribution in [1.82, 2.24) is 9.80 Å². The van der Waals surface area contributed by atoms with E-state index < -0.39 is 25.2 Å². The van der Waals surface area contributed by atoms with Crippen molar-refractivity contribution < 1.29 is 40.7 Å². The van der Waals surface area contributed by atoms with Crippen LogP contribution in [-0.4, -0.2) is 77.4 Å². The molecular formula is C41H46ClF6N3O3S2. The highest BCUT2D eigenvalue weighted by molar-refractivity contribution is 7.21. The zero-order chi connectivity index (χ0) is 39.2. The molecule has 15 heteroatoms. The fraction of sp³-hybridized carbons (Fsp3) is 0.561. The number of halogens is 7. The zero-order valence-corrected chi connectivity index (χ0v) is 33.3. The van der Waals surface area contributed by atoms with Crippen LogP contribution in [0.4, 0.5) is 26.3 Å². The number of alkyl halides is 6. The molecule has 2 aromatic heterocycles. The van der Waals surface area contributed by atoms with E-state index >= 15 is 0 Å². The molecule has 2 atom stereocenters. The second-order valence-corrected chi connectivity index (χ2v) is 18.0. The minimum Gasteiger partial charge on any atom is -0.326 e. The second kappa shape index (κ2) is 16.8. The zero-order valence-electron chi connectivity index (χ0n) is 30.8. The summed E-state index contributed by atoms with van der Waals surface area (Å²) in [5.41, 5.74) is 7.63. The highest BCUT2D eigenvalue weighted by Gasteiger charge is 2.60. The third-order valence-corrected chi connectivity index (χ3v) is 15.2. The maximum Gasteiger partial charge on any atom is 0.393 e. The van der Waals surface area contributed by atoms with Crippen LogP contribution in [-0.2, 0) is 22.4 Å². The van der Waals surface area contributed by atoms with E-state index in [1.807, 2.05) is 17.5 Å². The largest absolute Gasteiger partial charge is 0.393 e. The quantitative estimate of drug-likeness (QED) is 0.159. The van der Waals surface area contributed by atoms with Gasteiger partial charge in [0.05, 0.1) is 17.7 Å². The van der Waals surface area contributed by atoms with Gasteiger partial charge in [-0.1, -0.05) is 36.4 Å². The van der Waals surface area contributed by atoms with Gasteiger partial charge < -0.3 is 5.73 Å². The van der Waals surface area contributed by atoms with E-state index in [4.69, 9.17) is 15.3 Å². The molecule has 0 radical (unpaired) electrons. The van der Waals surface area contributed by atoms with Crippen LogP contribution in [0.2, 0.25) is 0 Å². The summed E-state index contributed by atoms with van der Waals surface area (Å²) < 4.78 is 76.5. The molecule has 6 nitrogen and oxygen atoms in total. The van der Waals surface area contributed by atoms with E-state index in [1.54, 1.807) is 24.3 Å². The number of Topliss-reactive ketones (excluding diaryl/α,β-unsaturated/α-hetero) is 1. The molecule has 8 heterocycles. The smallest absolute Gasteiger partial charge is 0.326 e. The number of carbonyl (C=O) groups excluding carboxylic acids is 3. The van der Waals surface area contributed by atoms with E-state index in [2.05, 4.69) is 9.80 Å². The number of ketones is 1. The molecule has 4 bridgehead atoms. The number of fused-ring (bicyclic) bond motifs is 6. The SMILES string of the molecule is Cl.FC(F)(F)Cc1cccc2ccsc12.N[C@@H]1C2CCN(CC2)C12CC2.O=C(C[C@@H]1C2CCN(CC2)C12CC2)c1cc2cccc(CC(F)(F)F)c2s1.O=C=O. The van der Waals surface area contributed by atoms with Gasteiger partial charge in [0.25, 0.3) is 0 Å². The lowest BCUT2D eigenvalue weighted by Crippen LogP contribution is -2.63. The van der Waals surface area contributed by atoms with Gasteiger partial charge in [-0.15, -0.1) is 35.1 Å². The number of hydrogen-bond acceptors (Lipinski definition) is 8. The van der Waals surface area contributed by atoms with Crippen LogP contribution >= 0.6 is 35.1 Å². The van der Waals surface area contributed by atoms with Crippen molar-refractivity contribution in [1.29, 1.82) is 0 Å². The number of benzene rings is 2. The molecule has 0 unspecified atom stereocenters. The Labute approximate surface area is 336 Å². The summed E-state index contributed by atoms with van der Waals surface area (Å²) in [6, 6.07) is 14.1. The highest BCUT2D eigenvalue weighted by Crippen LogP contribution is 2.59. The van der Waals surface area contributed by atoms with Gasteiger partial charge in [0, 0.05) is 32.9 Å². The predicted molar refractivity (Wildman–Crippen MR) is 208 cm³/mol. The fourth-order valence-corrected chi connectivity index (χ4v) is 12.1. The lowest BCUT2D eigenvalue weighted by molar-refractivity contribution is -0.191. The normalized spacial score (nSPS) is 27.2. The van der Waals surface area contributed by atoms with Crippen molar-refractivity contribution in [2.24, 2.45) is 23.5 Å². The molecule has 8 fully saturated rings. The lowest BCUT2D eigenvalue weighted by atomic mass is 9.70. The Bertz CT molecular complexity index is 2020. The molecule has 2 aliphatic carbocycles. The summed E-state index contributed by atoms with van der Waals surface area (Å²) in [7, 11) is 0. The third-order valence-electron chi connectivity index (χ3n) is 12.9. The number of hydrogen-bond donors (Lipinski definition) is 1. The van der Waals surface area contributed by atoms with Crippen molar-refractivity contribution in [3.63, 3.8) is 0 Å². The molecule has 2 saturated carbocycles. The van der Waals surface area contributed by atoms with Gasteiger partial charge in [-0.2, -0.15) is 35.9 Å². The summed E-state index contributed by atoms with van der Waals surface area (Å²) in [6.45, 7) is 4.99. The van der Waals surface area contributed by atoms with Gasteiger partial charge in [0.15, 0.2) is 5.78 Å². The summed E-state index contributed by atoms with van der Waals surface area (Å²) in [5.74, 6) is 2.03. The minimum atomic E-state index is -4.24. The van der Waals surface area contributed by atoms with Crippen LogP contribution in [0.15, 0.2) is 53.9 Å². The second-order valence-electron chi connectivity index (χ2n) is 16.0. The Morgan fingerprint density at radius 1 is 0.750 bits per heavy atom. The van der Waals surface area contributed by atoms with Crippen molar-refractivity contribution in [3.8, 4) is 0 Å². The number of nitrogens with two attached hydrogens (primary N) is 1. The number of piperidine rings is 6. The van der Waals surface area contributed by atoms with Gasteiger partial charge in [-0.3, -0.25) is 14.6 Å². The average molecular weight is 842 g/mol. The molecule has 4 aromatic rings. The summed E-state index contributed by atoms with van der Waals surface area (Å²) in [5, 5.41) is 3.45. The van der Waals surface area contributed by atoms with E-state index in [9.17, 15) is 31.1 Å². The first-order valence-electron chi connectivity index (χ1n) is 19.0. The average Bonchev–Trinajstić information content (AvgIpc) is 4.00. The van der Waals surface area contributed by atoms with E-state index in [1.165, 1.54) is 112 Å². The van der Waals surface area contributed by atoms with Crippen LogP contribution in [0.3, 0.4) is 0 Å². The van der Waals surface area contributed by atoms with Gasteiger partial charge in [-0.05, 0) is 135 Å². The standard InChI is InChI=1S/C21H22F3NOS.C10H7F3S.C9H16N2.CO2.ClH/c22-21(23,24)12-15-3-1-2-14-10-18(27-19(14)15)17(26)11-16-13-4-8-25(9-5-13)20(16)6-7-20;11-10(12,13)6-8-3-1-2-7-4-5-14-9(7)8;10-8-7-1-5-11(6-2-7)9(8)3-4-9;2-1-3;/h1-3,10,13,16H,4-9,11-12H2;1-5H,6H2;7-8H,1-6,10H2;;1H/t16-;;8-;;/m1.1../s1. The molecule has 304 valence electrons. The van der Waals surface area contributed by atoms with Crippen LogP contribution in [0.5, 0.6) is 0 Å². The third kappa shape index (κ3) is 9.07. The van der Waals surface area contributed by atoms with Crippen LogP contribution < -0.4 is 5.73 Å². The molecule has 8 aliphatic rings. The molecule has 2 N–H and O–H groups in total. The Hall–Kier alpha value is -2.84. The molecule has 2 aromatic carbocycles. The van der Waals surface area contributed by atoms with Crippen molar-refractivity contribution >= 4 is 67.2 Å². The molecule has 6 saturated heterocycles. The van der Waals surface area contributed by atoms with Crippen LogP contribution in [0.1, 0.15) is 78.6 Å². The first-order chi connectivity index (χ1) is 26.2. The van der Waals surface area contributed by atoms with Crippen molar-refractivity contribution in [3.05, 3.63) is 69.9 Å². The fourth-order valence-electron chi connectivity index (χ4n) is 10.0. The number of nitrogens with zero attached hydrogens (tertiary/aromatic N) is 2. The maximum absolute atomic E-state index is 13.0. The maximum atomic E-state index is 13.0. The van der Waals surface area contributed by atoms with E-state index in [-0.39, 0.29) is 35.4 Å². The Morgan fingerprint density at radius 3 is 1.75 bits per heavy atom. The number of rotatable bonds is 5. The monoisotopic (exact) mass is 841 g/mol. The van der Waals surface area contributed by atoms with Crippen molar-refractivity contribution in [2.75, 3.05) is 26.2 Å². The van der Waals surface area contributed by atoms with Crippen molar-refractivity contribution in [2.45, 2.75) is 100 Å². The summed E-state index contributed by atoms with van der Waals surface area (Å²) in [4.78, 5) is 35.2. The highest BCUT2D eigenvalue weighted by atomic mass is 35.5. The first-order valence-corrected chi connectivity index (χ1v) is 20.7. The minimum absolute atomic E-state index is 0. The van der Waals surface area contributed by atoms with Crippen LogP contribution in [0.25, 0.3) is 20.2 Å². The Kier molecular flexibility index (Phi) is 12.8. The Balaban J connectivity index is 0.000000153. The topological polar surface area (TPSA) is 83.7 Å². The molecule has 6 aliphatic heterocycles. The van der Waals surface area contributed by atoms with Crippen LogP contribution in [0, 0.1) is 17.8 Å². The predicted octanol–water partition coefficient (Wildman–Crippen LogP) is 9.87. The Morgan fingerprint density at radius 2 is 1.25 bits per heavy atom. The molecular weight excluding hydrogens is 796 g/mol. The number of thiophene rings is 2. The molecule has 0 amide bonds. The molecule has 2 spiro atoms. The summed E-state index contributed by atoms with van der Waals surface area (Å²) >= 11 is 2.59. The summed E-state index contributed by atoms with van der Waals surface area (Å²) in [6.07, 6.45) is 0.890. The van der Waals surface area contributed by atoms with Gasteiger partial charge in [0.1, 0.15) is 0 Å². The molecule has 56 heavy (non-hydrogen) atoms. The van der Waals surface area contributed by atoms with Gasteiger partial charge in [-0.25, -0.2) is 0 Å². The number of carbonyl (C=O) groups is 1. The van der Waals surface area contributed by atoms with E-state index in [0.29, 0.717) is 45.0 Å². The first kappa shape index (κ1) is 42.8. The lowest BCUT2D eigenvalue weighted by Gasteiger charge is -2.52. The van der Waals surface area contributed by atoms with Gasteiger partial charge in [0.2, 0.25) is 0 Å². The van der Waals surface area contributed by atoms with Gasteiger partial charge >= 0.3 is 18.5 Å². The van der Waals surface area contributed by atoms with E-state index in [0.717, 1.165) is 21.4 Å². The molecule has 12 rings (SSSR count).